The lowest BCUT2D eigenvalue weighted by atomic mass is 9.84. The van der Waals surface area contributed by atoms with Crippen LogP contribution in [0.3, 0.4) is 0 Å². The van der Waals surface area contributed by atoms with E-state index in [2.05, 4.69) is 17.1 Å². The number of aromatic nitrogens is 1. The summed E-state index contributed by atoms with van der Waals surface area (Å²) in [5.41, 5.74) is 2.27. The Kier molecular flexibility index (Phi) is 4.54. The minimum Gasteiger partial charge on any atom is -0.379 e. The maximum absolute atomic E-state index is 12.4. The lowest BCUT2D eigenvalue weighted by molar-refractivity contribution is -0.138. The van der Waals surface area contributed by atoms with Crippen LogP contribution in [0.1, 0.15) is 30.5 Å². The summed E-state index contributed by atoms with van der Waals surface area (Å²) < 4.78 is 5.69. The van der Waals surface area contributed by atoms with Gasteiger partial charge in [-0.3, -0.25) is 9.78 Å². The number of nitrogens with zero attached hydrogens (tertiary/aromatic N) is 2. The van der Waals surface area contributed by atoms with Crippen molar-refractivity contribution in [1.29, 1.82) is 0 Å². The molecule has 1 unspecified atom stereocenters. The Bertz CT molecular complexity index is 482. The smallest absolute Gasteiger partial charge is 0.225 e. The monoisotopic (exact) mass is 288 g/mol. The summed E-state index contributed by atoms with van der Waals surface area (Å²) in [6.45, 7) is 4.99. The van der Waals surface area contributed by atoms with Gasteiger partial charge in [-0.05, 0) is 37.8 Å². The van der Waals surface area contributed by atoms with Gasteiger partial charge in [-0.25, -0.2) is 0 Å². The van der Waals surface area contributed by atoms with Crippen molar-refractivity contribution in [3.8, 4) is 0 Å². The molecule has 0 spiro atoms. The molecule has 1 aliphatic heterocycles. The average Bonchev–Trinajstić information content (AvgIpc) is 2.65. The Morgan fingerprint density at radius 2 is 2.29 bits per heavy atom. The van der Waals surface area contributed by atoms with Gasteiger partial charge >= 0.3 is 0 Å². The van der Waals surface area contributed by atoms with E-state index in [0.717, 1.165) is 44.7 Å². The first-order valence-corrected chi connectivity index (χ1v) is 8.00. The summed E-state index contributed by atoms with van der Waals surface area (Å²) in [4.78, 5) is 18.9. The molecule has 2 fully saturated rings. The normalized spacial score (nSPS) is 23.5. The fourth-order valence-electron chi connectivity index (χ4n) is 3.03. The third-order valence-corrected chi connectivity index (χ3v) is 4.57. The lowest BCUT2D eigenvalue weighted by Crippen LogP contribution is -2.42. The molecule has 1 saturated heterocycles. The van der Waals surface area contributed by atoms with Crippen LogP contribution in [0, 0.1) is 18.8 Å². The van der Waals surface area contributed by atoms with E-state index in [9.17, 15) is 4.79 Å². The highest BCUT2D eigenvalue weighted by Gasteiger charge is 2.31. The van der Waals surface area contributed by atoms with Gasteiger partial charge < -0.3 is 9.64 Å². The maximum atomic E-state index is 12.4. The SMILES string of the molecule is Cc1ccc(CC2COCCN(C(=O)C3CCC3)C2)nc1. The molecule has 4 nitrogen and oxygen atoms in total. The van der Waals surface area contributed by atoms with Crippen LogP contribution in [-0.2, 0) is 16.0 Å². The first-order valence-electron chi connectivity index (χ1n) is 8.00. The third-order valence-electron chi connectivity index (χ3n) is 4.57. The molecule has 0 radical (unpaired) electrons. The van der Waals surface area contributed by atoms with Crippen LogP contribution in [0.15, 0.2) is 18.3 Å². The molecule has 0 bridgehead atoms. The predicted octanol–water partition coefficient (Wildman–Crippen LogP) is 2.21. The van der Waals surface area contributed by atoms with Crippen molar-refractivity contribution in [2.75, 3.05) is 26.3 Å². The molecule has 0 aromatic carbocycles. The molecule has 1 saturated carbocycles. The Morgan fingerprint density at radius 3 is 2.95 bits per heavy atom. The summed E-state index contributed by atoms with van der Waals surface area (Å²) in [5, 5.41) is 0. The number of hydrogen-bond acceptors (Lipinski definition) is 3. The van der Waals surface area contributed by atoms with E-state index in [1.54, 1.807) is 0 Å². The quantitative estimate of drug-likeness (QED) is 0.856. The molecule has 1 amide bonds. The van der Waals surface area contributed by atoms with Gasteiger partial charge in [0.25, 0.3) is 0 Å². The van der Waals surface area contributed by atoms with Crippen molar-refractivity contribution in [3.63, 3.8) is 0 Å². The first-order chi connectivity index (χ1) is 10.2. The first kappa shape index (κ1) is 14.5. The molecular formula is C17H24N2O2. The fraction of sp³-hybridized carbons (Fsp3) is 0.647. The zero-order valence-corrected chi connectivity index (χ0v) is 12.8. The van der Waals surface area contributed by atoms with Crippen molar-refractivity contribution in [2.24, 2.45) is 11.8 Å². The molecule has 3 rings (SSSR count). The number of ether oxygens (including phenoxy) is 1. The highest BCUT2D eigenvalue weighted by molar-refractivity contribution is 5.79. The molecule has 1 atom stereocenters. The van der Waals surface area contributed by atoms with Gasteiger partial charge in [0, 0.05) is 36.8 Å². The molecular weight excluding hydrogens is 264 g/mol. The fourth-order valence-corrected chi connectivity index (χ4v) is 3.03. The van der Waals surface area contributed by atoms with E-state index < -0.39 is 0 Å². The second-order valence-corrected chi connectivity index (χ2v) is 6.38. The number of aryl methyl sites for hydroxylation is 1. The third kappa shape index (κ3) is 3.62. The number of rotatable bonds is 3. The van der Waals surface area contributed by atoms with Crippen molar-refractivity contribution < 1.29 is 9.53 Å². The zero-order chi connectivity index (χ0) is 14.7. The topological polar surface area (TPSA) is 42.4 Å². The highest BCUT2D eigenvalue weighted by Crippen LogP contribution is 2.29. The van der Waals surface area contributed by atoms with Crippen LogP contribution >= 0.6 is 0 Å². The van der Waals surface area contributed by atoms with Crippen LogP contribution < -0.4 is 0 Å². The van der Waals surface area contributed by atoms with Gasteiger partial charge in [-0.15, -0.1) is 0 Å². The average molecular weight is 288 g/mol. The lowest BCUT2D eigenvalue weighted by Gasteiger charge is -2.32. The molecule has 4 heteroatoms. The second kappa shape index (κ2) is 6.56. The largest absolute Gasteiger partial charge is 0.379 e. The van der Waals surface area contributed by atoms with E-state index in [-0.39, 0.29) is 5.92 Å². The molecule has 2 aliphatic rings. The molecule has 2 heterocycles. The number of hydrogen-bond donors (Lipinski definition) is 0. The summed E-state index contributed by atoms with van der Waals surface area (Å²) in [5.74, 6) is 0.974. The van der Waals surface area contributed by atoms with E-state index in [1.807, 2.05) is 18.0 Å². The Hall–Kier alpha value is -1.42. The molecule has 1 aromatic rings. The van der Waals surface area contributed by atoms with Gasteiger partial charge in [-0.2, -0.15) is 0 Å². The maximum Gasteiger partial charge on any atom is 0.225 e. The van der Waals surface area contributed by atoms with E-state index in [0.29, 0.717) is 18.4 Å². The van der Waals surface area contributed by atoms with E-state index in [1.165, 1.54) is 12.0 Å². The second-order valence-electron chi connectivity index (χ2n) is 6.38. The van der Waals surface area contributed by atoms with Crippen LogP contribution in [0.25, 0.3) is 0 Å². The number of amides is 1. The van der Waals surface area contributed by atoms with Crippen LogP contribution in [0.2, 0.25) is 0 Å². The van der Waals surface area contributed by atoms with Gasteiger partial charge in [0.2, 0.25) is 5.91 Å². The van der Waals surface area contributed by atoms with E-state index in [4.69, 9.17) is 4.74 Å². The summed E-state index contributed by atoms with van der Waals surface area (Å²) in [7, 11) is 0. The minimum atomic E-state index is 0.279. The Morgan fingerprint density at radius 1 is 1.43 bits per heavy atom. The van der Waals surface area contributed by atoms with Crippen molar-refractivity contribution >= 4 is 5.91 Å². The molecule has 21 heavy (non-hydrogen) atoms. The molecule has 1 aliphatic carbocycles. The molecule has 0 N–H and O–H groups in total. The highest BCUT2D eigenvalue weighted by atomic mass is 16.5. The minimum absolute atomic E-state index is 0.279. The number of carbonyl (C=O) groups excluding carboxylic acids is 1. The van der Waals surface area contributed by atoms with Gasteiger partial charge in [-0.1, -0.05) is 12.5 Å². The standard InChI is InChI=1S/C17H24N2O2/c1-13-5-6-16(18-10-13)9-14-11-19(7-8-21-12-14)17(20)15-3-2-4-15/h5-6,10,14-15H,2-4,7-9,11-12H2,1H3. The summed E-state index contributed by atoms with van der Waals surface area (Å²) >= 11 is 0. The Balaban J connectivity index is 1.61. The Labute approximate surface area is 126 Å². The summed E-state index contributed by atoms with van der Waals surface area (Å²) in [6.07, 6.45) is 6.14. The van der Waals surface area contributed by atoms with Crippen LogP contribution in [-0.4, -0.2) is 42.1 Å². The van der Waals surface area contributed by atoms with Crippen LogP contribution in [0.4, 0.5) is 0 Å². The number of carbonyl (C=O) groups is 1. The predicted molar refractivity (Wildman–Crippen MR) is 80.9 cm³/mol. The molecule has 114 valence electrons. The van der Waals surface area contributed by atoms with Gasteiger partial charge in [0.05, 0.1) is 13.2 Å². The number of pyridine rings is 1. The van der Waals surface area contributed by atoms with Crippen LogP contribution in [0.5, 0.6) is 0 Å². The van der Waals surface area contributed by atoms with Gasteiger partial charge in [0.1, 0.15) is 0 Å². The van der Waals surface area contributed by atoms with Gasteiger partial charge in [0.15, 0.2) is 0 Å². The summed E-state index contributed by atoms with van der Waals surface area (Å²) in [6, 6.07) is 4.18. The molecule has 1 aromatic heterocycles. The zero-order valence-electron chi connectivity index (χ0n) is 12.8. The van der Waals surface area contributed by atoms with Crippen molar-refractivity contribution in [1.82, 2.24) is 9.88 Å². The van der Waals surface area contributed by atoms with Crippen molar-refractivity contribution in [2.45, 2.75) is 32.6 Å². The van der Waals surface area contributed by atoms with E-state index >= 15 is 0 Å². The van der Waals surface area contributed by atoms with Crippen molar-refractivity contribution in [3.05, 3.63) is 29.6 Å².